The topological polar surface area (TPSA) is 26.3 Å². The van der Waals surface area contributed by atoms with Crippen LogP contribution in [0.5, 0.6) is 0 Å². The van der Waals surface area contributed by atoms with Crippen LogP contribution in [-0.2, 0) is 9.53 Å². The largest absolute Gasteiger partial charge is 0.367 e. The summed E-state index contributed by atoms with van der Waals surface area (Å²) in [7, 11) is 0. The highest BCUT2D eigenvalue weighted by Crippen LogP contribution is 2.67. The van der Waals surface area contributed by atoms with E-state index in [1.165, 1.54) is 12.0 Å². The van der Waals surface area contributed by atoms with Crippen LogP contribution in [0.3, 0.4) is 0 Å². The highest BCUT2D eigenvalue weighted by Gasteiger charge is 2.65. The van der Waals surface area contributed by atoms with Crippen molar-refractivity contribution in [3.63, 3.8) is 0 Å². The van der Waals surface area contributed by atoms with Crippen molar-refractivity contribution >= 4 is 5.78 Å². The van der Waals surface area contributed by atoms with E-state index in [4.69, 9.17) is 4.74 Å². The molecule has 3 aliphatic carbocycles. The Hall–Kier alpha value is -0.890. The van der Waals surface area contributed by atoms with Gasteiger partial charge in [0.25, 0.3) is 0 Å². The molecule has 2 heteroatoms. The van der Waals surface area contributed by atoms with Crippen LogP contribution in [0.4, 0.5) is 0 Å². The summed E-state index contributed by atoms with van der Waals surface area (Å²) in [6, 6.07) is 0. The first kappa shape index (κ1) is 8.28. The number of rotatable bonds is 0. The smallest absolute Gasteiger partial charge is 0.178 e. The van der Waals surface area contributed by atoms with Crippen LogP contribution in [0.2, 0.25) is 0 Å². The van der Waals surface area contributed by atoms with E-state index in [2.05, 4.69) is 13.0 Å². The van der Waals surface area contributed by atoms with E-state index in [0.29, 0.717) is 5.92 Å². The van der Waals surface area contributed by atoms with Gasteiger partial charge in [0.2, 0.25) is 0 Å². The van der Waals surface area contributed by atoms with E-state index in [1.54, 1.807) is 6.08 Å². The molecular weight excluding hydrogens is 188 g/mol. The SMILES string of the molecule is C[C@]12C[C@]34C=CC(=O)C=C3[C@H](C[C@@H]1C4)O2. The fraction of sp³-hybridized carbons (Fsp3) is 0.615. The standard InChI is InChI=1S/C13H14O2/c1-12-7-13-3-2-9(14)5-10(13)11(15-12)4-8(12)6-13/h2-3,5,8,11H,4,6-7H2,1H3/t8-,11+,12+,13-/m1/s1. The van der Waals surface area contributed by atoms with E-state index in [0.717, 1.165) is 12.8 Å². The Bertz CT molecular complexity index is 434. The van der Waals surface area contributed by atoms with Crippen molar-refractivity contribution in [1.82, 2.24) is 0 Å². The van der Waals surface area contributed by atoms with Gasteiger partial charge in [0.1, 0.15) is 0 Å². The monoisotopic (exact) mass is 202 g/mol. The molecule has 2 nitrogen and oxygen atoms in total. The molecular formula is C13H14O2. The van der Waals surface area contributed by atoms with Gasteiger partial charge >= 0.3 is 0 Å². The van der Waals surface area contributed by atoms with Crippen LogP contribution in [0.25, 0.3) is 0 Å². The molecule has 2 saturated heterocycles. The molecule has 4 atom stereocenters. The van der Waals surface area contributed by atoms with Gasteiger partial charge < -0.3 is 4.74 Å². The van der Waals surface area contributed by atoms with E-state index < -0.39 is 0 Å². The summed E-state index contributed by atoms with van der Waals surface area (Å²) < 4.78 is 6.10. The zero-order valence-electron chi connectivity index (χ0n) is 8.82. The molecule has 0 aromatic heterocycles. The predicted molar refractivity (Wildman–Crippen MR) is 55.3 cm³/mol. The molecule has 0 N–H and O–H groups in total. The lowest BCUT2D eigenvalue weighted by atomic mass is 9.68. The molecule has 4 bridgehead atoms. The Labute approximate surface area is 89.0 Å². The first-order valence-corrected chi connectivity index (χ1v) is 5.74. The molecule has 0 radical (unpaired) electrons. The van der Waals surface area contributed by atoms with Crippen LogP contribution in [-0.4, -0.2) is 17.5 Å². The van der Waals surface area contributed by atoms with Crippen LogP contribution in [0.15, 0.2) is 23.8 Å². The maximum atomic E-state index is 11.4. The van der Waals surface area contributed by atoms with E-state index in [-0.39, 0.29) is 22.9 Å². The van der Waals surface area contributed by atoms with E-state index in [9.17, 15) is 4.79 Å². The number of ketones is 1. The zero-order valence-corrected chi connectivity index (χ0v) is 8.82. The van der Waals surface area contributed by atoms with Gasteiger partial charge in [0.05, 0.1) is 11.7 Å². The molecule has 0 aromatic rings. The Morgan fingerprint density at radius 3 is 3.20 bits per heavy atom. The summed E-state index contributed by atoms with van der Waals surface area (Å²) in [4.78, 5) is 11.4. The summed E-state index contributed by atoms with van der Waals surface area (Å²) in [6.45, 7) is 2.24. The minimum atomic E-state index is 0.0900. The zero-order chi connectivity index (χ0) is 10.3. The van der Waals surface area contributed by atoms with Crippen LogP contribution >= 0.6 is 0 Å². The maximum Gasteiger partial charge on any atom is 0.178 e. The normalized spacial score (nSPS) is 54.7. The van der Waals surface area contributed by atoms with Gasteiger partial charge in [-0.25, -0.2) is 0 Å². The molecule has 0 aromatic carbocycles. The summed E-state index contributed by atoms with van der Waals surface area (Å²) in [6.07, 6.45) is 9.36. The number of allylic oxidation sites excluding steroid dienone is 3. The fourth-order valence-corrected chi connectivity index (χ4v) is 4.23. The molecule has 15 heavy (non-hydrogen) atoms. The fourth-order valence-electron chi connectivity index (χ4n) is 4.23. The Balaban J connectivity index is 1.92. The molecule has 0 amide bonds. The first-order chi connectivity index (χ1) is 7.11. The second-order valence-corrected chi connectivity index (χ2v) is 5.72. The average Bonchev–Trinajstić information content (AvgIpc) is 2.54. The number of carbonyl (C=O) groups excluding carboxylic acids is 1. The molecule has 2 aliphatic heterocycles. The molecule has 4 fully saturated rings. The number of carbonyl (C=O) groups is 1. The third-order valence-electron chi connectivity index (χ3n) is 4.84. The number of hydrogen-bond acceptors (Lipinski definition) is 2. The van der Waals surface area contributed by atoms with Gasteiger partial charge in [0, 0.05) is 5.41 Å². The van der Waals surface area contributed by atoms with E-state index >= 15 is 0 Å². The minimum absolute atomic E-state index is 0.0900. The van der Waals surface area contributed by atoms with Gasteiger partial charge in [0.15, 0.2) is 5.78 Å². The van der Waals surface area contributed by atoms with Crippen molar-refractivity contribution in [3.8, 4) is 0 Å². The summed E-state index contributed by atoms with van der Waals surface area (Å²) in [5.41, 5.74) is 1.54. The molecule has 2 heterocycles. The Kier molecular flexibility index (Phi) is 1.17. The van der Waals surface area contributed by atoms with Gasteiger partial charge in [-0.15, -0.1) is 0 Å². The molecule has 78 valence electrons. The van der Waals surface area contributed by atoms with Crippen LogP contribution < -0.4 is 0 Å². The number of ether oxygens (including phenoxy) is 1. The van der Waals surface area contributed by atoms with Crippen molar-refractivity contribution < 1.29 is 9.53 Å². The van der Waals surface area contributed by atoms with Gasteiger partial charge in [-0.2, -0.15) is 0 Å². The minimum Gasteiger partial charge on any atom is -0.367 e. The third-order valence-corrected chi connectivity index (χ3v) is 4.84. The summed E-state index contributed by atoms with van der Waals surface area (Å²) >= 11 is 0. The summed E-state index contributed by atoms with van der Waals surface area (Å²) in [5.74, 6) is 0.843. The highest BCUT2D eigenvalue weighted by atomic mass is 16.5. The van der Waals surface area contributed by atoms with Gasteiger partial charge in [-0.05, 0) is 49.8 Å². The lowest BCUT2D eigenvalue weighted by Crippen LogP contribution is -2.39. The molecule has 0 unspecified atom stereocenters. The van der Waals surface area contributed by atoms with Crippen molar-refractivity contribution in [3.05, 3.63) is 23.8 Å². The van der Waals surface area contributed by atoms with Crippen molar-refractivity contribution in [2.24, 2.45) is 11.3 Å². The second kappa shape index (κ2) is 2.12. The Morgan fingerprint density at radius 1 is 1.53 bits per heavy atom. The molecule has 5 rings (SSSR count). The highest BCUT2D eigenvalue weighted by molar-refractivity contribution is 6.01. The van der Waals surface area contributed by atoms with Crippen LogP contribution in [0.1, 0.15) is 26.2 Å². The molecule has 2 saturated carbocycles. The van der Waals surface area contributed by atoms with Crippen molar-refractivity contribution in [1.29, 1.82) is 0 Å². The Morgan fingerprint density at radius 2 is 2.40 bits per heavy atom. The lowest BCUT2D eigenvalue weighted by Gasteiger charge is -2.42. The first-order valence-electron chi connectivity index (χ1n) is 5.74. The van der Waals surface area contributed by atoms with Crippen molar-refractivity contribution in [2.75, 3.05) is 0 Å². The quantitative estimate of drug-likeness (QED) is 0.600. The third kappa shape index (κ3) is 0.795. The van der Waals surface area contributed by atoms with E-state index in [1.807, 2.05) is 6.08 Å². The van der Waals surface area contributed by atoms with Crippen LogP contribution in [0, 0.1) is 11.3 Å². The van der Waals surface area contributed by atoms with Gasteiger partial charge in [-0.3, -0.25) is 4.79 Å². The lowest BCUT2D eigenvalue weighted by molar-refractivity contribution is -0.111. The number of hydrogen-bond donors (Lipinski definition) is 0. The second-order valence-electron chi connectivity index (χ2n) is 5.72. The molecule has 1 spiro atoms. The summed E-state index contributed by atoms with van der Waals surface area (Å²) in [5, 5.41) is 0. The van der Waals surface area contributed by atoms with Gasteiger partial charge in [-0.1, -0.05) is 6.08 Å². The predicted octanol–water partition coefficient (Wildman–Crippen LogP) is 2.01. The average molecular weight is 202 g/mol. The van der Waals surface area contributed by atoms with Crippen molar-refractivity contribution in [2.45, 2.75) is 37.9 Å². The molecule has 5 aliphatic rings. The maximum absolute atomic E-state index is 11.4.